The van der Waals surface area contributed by atoms with Gasteiger partial charge in [0.25, 0.3) is 0 Å². The van der Waals surface area contributed by atoms with E-state index >= 15 is 0 Å². The monoisotopic (exact) mass is 294 g/mol. The van der Waals surface area contributed by atoms with E-state index in [1.54, 1.807) is 0 Å². The van der Waals surface area contributed by atoms with Gasteiger partial charge in [-0.15, -0.1) is 6.58 Å². The first-order chi connectivity index (χ1) is 10.3. The van der Waals surface area contributed by atoms with Gasteiger partial charge in [0.2, 0.25) is 0 Å². The third-order valence-electron chi connectivity index (χ3n) is 5.30. The Balaban J connectivity index is 2.07. The van der Waals surface area contributed by atoms with Crippen molar-refractivity contribution >= 4 is 0 Å². The smallest absolute Gasteiger partial charge is 0.0594 e. The maximum Gasteiger partial charge on any atom is 0.0594 e. The summed E-state index contributed by atoms with van der Waals surface area (Å²) < 4.78 is 5.59. The first kappa shape index (κ1) is 17.0. The average molecular weight is 294 g/mol. The minimum absolute atomic E-state index is 0.389. The summed E-state index contributed by atoms with van der Waals surface area (Å²) in [6.07, 6.45) is 12.5. The summed E-state index contributed by atoms with van der Waals surface area (Å²) in [5.41, 5.74) is 0.389. The number of ether oxygens (including phenoxy) is 1. The van der Waals surface area contributed by atoms with Crippen molar-refractivity contribution in [1.82, 2.24) is 10.2 Å². The quantitative estimate of drug-likeness (QED) is 0.521. The molecule has 1 atom stereocenters. The molecule has 0 bridgehead atoms. The van der Waals surface area contributed by atoms with Crippen molar-refractivity contribution in [3.63, 3.8) is 0 Å². The zero-order chi connectivity index (χ0) is 15.0. The standard InChI is InChI=1S/C18H34N2O/c1-3-5-6-9-17(19-12-4-2)18(10-7-8-11-18)20-13-15-21-16-14-20/h3,17,19H,1,4-16H2,2H3. The van der Waals surface area contributed by atoms with Gasteiger partial charge < -0.3 is 10.1 Å². The van der Waals surface area contributed by atoms with Gasteiger partial charge in [0, 0.05) is 24.7 Å². The molecule has 1 N–H and O–H groups in total. The Kier molecular flexibility index (Phi) is 7.21. The molecular weight excluding hydrogens is 260 g/mol. The van der Waals surface area contributed by atoms with Crippen LogP contribution in [0.5, 0.6) is 0 Å². The van der Waals surface area contributed by atoms with Crippen LogP contribution >= 0.6 is 0 Å². The molecule has 0 aromatic carbocycles. The topological polar surface area (TPSA) is 24.5 Å². The Morgan fingerprint density at radius 3 is 2.62 bits per heavy atom. The maximum absolute atomic E-state index is 5.59. The molecule has 1 heterocycles. The minimum Gasteiger partial charge on any atom is -0.379 e. The van der Waals surface area contributed by atoms with E-state index in [2.05, 4.69) is 29.8 Å². The van der Waals surface area contributed by atoms with Crippen LogP contribution in [0.4, 0.5) is 0 Å². The third-order valence-corrected chi connectivity index (χ3v) is 5.30. The predicted octanol–water partition coefficient (Wildman–Crippen LogP) is 3.36. The number of allylic oxidation sites excluding steroid dienone is 1. The fourth-order valence-corrected chi connectivity index (χ4v) is 4.23. The Bertz CT molecular complexity index is 294. The summed E-state index contributed by atoms with van der Waals surface area (Å²) in [5.74, 6) is 0. The Morgan fingerprint density at radius 2 is 2.00 bits per heavy atom. The molecule has 2 rings (SSSR count). The van der Waals surface area contributed by atoms with Gasteiger partial charge in [-0.2, -0.15) is 0 Å². The molecule has 1 unspecified atom stereocenters. The van der Waals surface area contributed by atoms with E-state index in [1.165, 1.54) is 44.9 Å². The molecule has 21 heavy (non-hydrogen) atoms. The fraction of sp³-hybridized carbons (Fsp3) is 0.889. The average Bonchev–Trinajstić information content (AvgIpc) is 3.02. The van der Waals surface area contributed by atoms with Crippen LogP contribution in [-0.2, 0) is 4.74 Å². The SMILES string of the molecule is C=CCCCC(NCCC)C1(N2CCOCC2)CCCC1. The largest absolute Gasteiger partial charge is 0.379 e. The van der Waals surface area contributed by atoms with E-state index < -0.39 is 0 Å². The zero-order valence-electron chi connectivity index (χ0n) is 13.9. The maximum atomic E-state index is 5.59. The van der Waals surface area contributed by atoms with Crippen LogP contribution in [0.15, 0.2) is 12.7 Å². The number of nitrogens with zero attached hydrogens (tertiary/aromatic N) is 1. The van der Waals surface area contributed by atoms with E-state index in [9.17, 15) is 0 Å². The predicted molar refractivity (Wildman–Crippen MR) is 89.7 cm³/mol. The lowest BCUT2D eigenvalue weighted by Crippen LogP contribution is -2.62. The van der Waals surface area contributed by atoms with Crippen LogP contribution in [0, 0.1) is 0 Å². The van der Waals surface area contributed by atoms with Crippen molar-refractivity contribution in [2.45, 2.75) is 69.9 Å². The molecule has 0 amide bonds. The van der Waals surface area contributed by atoms with Gasteiger partial charge in [-0.25, -0.2) is 0 Å². The summed E-state index contributed by atoms with van der Waals surface area (Å²) in [4.78, 5) is 2.75. The highest BCUT2D eigenvalue weighted by atomic mass is 16.5. The second-order valence-electron chi connectivity index (χ2n) is 6.64. The molecular formula is C18H34N2O. The molecule has 0 aromatic rings. The molecule has 2 aliphatic rings. The minimum atomic E-state index is 0.389. The highest BCUT2D eigenvalue weighted by Gasteiger charge is 2.45. The Morgan fingerprint density at radius 1 is 1.29 bits per heavy atom. The number of unbranched alkanes of at least 4 members (excludes halogenated alkanes) is 1. The number of morpholine rings is 1. The van der Waals surface area contributed by atoms with Gasteiger partial charge >= 0.3 is 0 Å². The van der Waals surface area contributed by atoms with Crippen LogP contribution in [0.3, 0.4) is 0 Å². The van der Waals surface area contributed by atoms with Gasteiger partial charge in [0.1, 0.15) is 0 Å². The third kappa shape index (κ3) is 4.30. The first-order valence-electron chi connectivity index (χ1n) is 9.00. The van der Waals surface area contributed by atoms with Gasteiger partial charge in [0.05, 0.1) is 13.2 Å². The van der Waals surface area contributed by atoms with Crippen molar-refractivity contribution in [3.8, 4) is 0 Å². The van der Waals surface area contributed by atoms with Gasteiger partial charge in [-0.05, 0) is 45.1 Å². The highest BCUT2D eigenvalue weighted by Crippen LogP contribution is 2.40. The van der Waals surface area contributed by atoms with Crippen molar-refractivity contribution < 1.29 is 4.74 Å². The lowest BCUT2D eigenvalue weighted by atomic mass is 9.82. The normalized spacial score (nSPS) is 24.0. The van der Waals surface area contributed by atoms with Gasteiger partial charge in [-0.3, -0.25) is 4.90 Å². The number of nitrogens with one attached hydrogen (secondary N) is 1. The van der Waals surface area contributed by atoms with Crippen LogP contribution in [-0.4, -0.2) is 49.3 Å². The molecule has 1 saturated heterocycles. The van der Waals surface area contributed by atoms with Crippen molar-refractivity contribution in [1.29, 1.82) is 0 Å². The second-order valence-corrected chi connectivity index (χ2v) is 6.64. The van der Waals surface area contributed by atoms with Crippen molar-refractivity contribution in [3.05, 3.63) is 12.7 Å². The van der Waals surface area contributed by atoms with Crippen molar-refractivity contribution in [2.24, 2.45) is 0 Å². The number of hydrogen-bond acceptors (Lipinski definition) is 3. The fourth-order valence-electron chi connectivity index (χ4n) is 4.23. The van der Waals surface area contributed by atoms with Crippen LogP contribution in [0.2, 0.25) is 0 Å². The molecule has 1 aliphatic carbocycles. The van der Waals surface area contributed by atoms with E-state index in [0.29, 0.717) is 11.6 Å². The molecule has 0 radical (unpaired) electrons. The molecule has 1 aliphatic heterocycles. The lowest BCUT2D eigenvalue weighted by Gasteiger charge is -2.49. The van der Waals surface area contributed by atoms with Crippen molar-refractivity contribution in [2.75, 3.05) is 32.8 Å². The van der Waals surface area contributed by atoms with Crippen LogP contribution in [0.25, 0.3) is 0 Å². The molecule has 2 fully saturated rings. The molecule has 0 aromatic heterocycles. The highest BCUT2D eigenvalue weighted by molar-refractivity contribution is 5.04. The molecule has 1 saturated carbocycles. The van der Waals surface area contributed by atoms with E-state index in [0.717, 1.165) is 39.3 Å². The summed E-state index contributed by atoms with van der Waals surface area (Å²) in [6.45, 7) is 11.3. The summed E-state index contributed by atoms with van der Waals surface area (Å²) >= 11 is 0. The Labute approximate surface area is 131 Å². The molecule has 3 nitrogen and oxygen atoms in total. The van der Waals surface area contributed by atoms with E-state index in [4.69, 9.17) is 4.74 Å². The zero-order valence-corrected chi connectivity index (χ0v) is 13.9. The number of hydrogen-bond donors (Lipinski definition) is 1. The molecule has 122 valence electrons. The van der Waals surface area contributed by atoms with Crippen LogP contribution in [0.1, 0.15) is 58.3 Å². The lowest BCUT2D eigenvalue weighted by molar-refractivity contribution is -0.0370. The van der Waals surface area contributed by atoms with E-state index in [1.807, 2.05) is 0 Å². The number of rotatable bonds is 9. The van der Waals surface area contributed by atoms with E-state index in [-0.39, 0.29) is 0 Å². The molecule has 0 spiro atoms. The summed E-state index contributed by atoms with van der Waals surface area (Å²) in [7, 11) is 0. The van der Waals surface area contributed by atoms with Gasteiger partial charge in [-0.1, -0.05) is 25.8 Å². The van der Waals surface area contributed by atoms with Gasteiger partial charge in [0.15, 0.2) is 0 Å². The second kappa shape index (κ2) is 8.92. The molecule has 3 heteroatoms. The Hall–Kier alpha value is -0.380. The first-order valence-corrected chi connectivity index (χ1v) is 9.00. The summed E-state index contributed by atoms with van der Waals surface area (Å²) in [6, 6.07) is 0.637. The van der Waals surface area contributed by atoms with Crippen LogP contribution < -0.4 is 5.32 Å². The summed E-state index contributed by atoms with van der Waals surface area (Å²) in [5, 5.41) is 3.89.